The molecule has 1 atom stereocenters. The molecule has 0 aliphatic carbocycles. The Morgan fingerprint density at radius 2 is 1.93 bits per heavy atom. The first kappa shape index (κ1) is 22.2. The number of likely N-dealkylation sites (tertiary alicyclic amines) is 2. The Labute approximate surface area is 177 Å². The van der Waals surface area contributed by atoms with E-state index in [0.717, 1.165) is 50.4 Å². The first-order valence-electron chi connectivity index (χ1n) is 11.8. The fraction of sp³-hybridized carbons (Fsp3) is 0.783. The zero-order chi connectivity index (χ0) is 20.3. The molecule has 2 fully saturated rings. The molecule has 1 aromatic heterocycles. The first-order chi connectivity index (χ1) is 14.3. The summed E-state index contributed by atoms with van der Waals surface area (Å²) in [5.74, 6) is 2.82. The van der Waals surface area contributed by atoms with Crippen molar-refractivity contribution >= 4 is 5.96 Å². The van der Waals surface area contributed by atoms with Crippen LogP contribution in [-0.4, -0.2) is 68.1 Å². The molecule has 0 bridgehead atoms. The van der Waals surface area contributed by atoms with Crippen LogP contribution in [0.3, 0.4) is 0 Å². The van der Waals surface area contributed by atoms with Crippen LogP contribution < -0.4 is 10.6 Å². The monoisotopic (exact) mass is 403 g/mol. The molecule has 6 nitrogen and oxygen atoms in total. The lowest BCUT2D eigenvalue weighted by atomic mass is 9.93. The van der Waals surface area contributed by atoms with Crippen LogP contribution in [0.5, 0.6) is 0 Å². The van der Waals surface area contributed by atoms with Gasteiger partial charge in [-0.2, -0.15) is 0 Å². The highest BCUT2D eigenvalue weighted by Crippen LogP contribution is 2.25. The van der Waals surface area contributed by atoms with E-state index in [4.69, 9.17) is 9.41 Å². The van der Waals surface area contributed by atoms with Gasteiger partial charge in [0, 0.05) is 13.1 Å². The number of guanidine groups is 1. The van der Waals surface area contributed by atoms with Gasteiger partial charge in [-0.05, 0) is 89.8 Å². The minimum Gasteiger partial charge on any atom is -0.468 e. The van der Waals surface area contributed by atoms with E-state index in [1.165, 1.54) is 58.2 Å². The molecule has 0 radical (unpaired) electrons. The minimum atomic E-state index is 0.235. The van der Waals surface area contributed by atoms with E-state index >= 15 is 0 Å². The highest BCUT2D eigenvalue weighted by molar-refractivity contribution is 5.79. The molecule has 0 spiro atoms. The normalized spacial score (nSPS) is 21.2. The lowest BCUT2D eigenvalue weighted by Crippen LogP contribution is -2.40. The average Bonchev–Trinajstić information content (AvgIpc) is 3.30. The zero-order valence-electron chi connectivity index (χ0n) is 18.5. The van der Waals surface area contributed by atoms with E-state index in [0.29, 0.717) is 0 Å². The standard InChI is InChI=1S/C23H41N5O/c1-3-24-23(25-13-10-20-11-16-27(4-2)17-12-20)26-19-21(22-9-8-18-29-22)28-14-6-5-7-15-28/h8-9,18,20-21H,3-7,10-17,19H2,1-2H3,(H2,24,25,26). The van der Waals surface area contributed by atoms with Crippen LogP contribution in [0.25, 0.3) is 0 Å². The predicted octanol–water partition coefficient (Wildman–Crippen LogP) is 3.48. The lowest BCUT2D eigenvalue weighted by molar-refractivity contribution is 0.150. The summed E-state index contributed by atoms with van der Waals surface area (Å²) < 4.78 is 5.76. The molecule has 2 aliphatic rings. The lowest BCUT2D eigenvalue weighted by Gasteiger charge is -2.32. The Morgan fingerprint density at radius 1 is 1.14 bits per heavy atom. The first-order valence-corrected chi connectivity index (χ1v) is 11.8. The number of aliphatic imine (C=N–C) groups is 1. The third kappa shape index (κ3) is 7.03. The molecular formula is C23H41N5O. The van der Waals surface area contributed by atoms with Gasteiger partial charge in [-0.3, -0.25) is 9.89 Å². The second-order valence-corrected chi connectivity index (χ2v) is 8.44. The molecule has 3 heterocycles. The van der Waals surface area contributed by atoms with Gasteiger partial charge in [-0.1, -0.05) is 13.3 Å². The summed E-state index contributed by atoms with van der Waals surface area (Å²) in [4.78, 5) is 10.0. The second-order valence-electron chi connectivity index (χ2n) is 8.44. The number of rotatable bonds is 9. The summed E-state index contributed by atoms with van der Waals surface area (Å²) in [6.07, 6.45) is 9.56. The predicted molar refractivity (Wildman–Crippen MR) is 120 cm³/mol. The summed E-state index contributed by atoms with van der Waals surface area (Å²) in [6, 6.07) is 4.32. The summed E-state index contributed by atoms with van der Waals surface area (Å²) >= 11 is 0. The van der Waals surface area contributed by atoms with Gasteiger partial charge in [0.05, 0.1) is 18.8 Å². The Kier molecular flexibility index (Phi) is 9.35. The third-order valence-electron chi connectivity index (χ3n) is 6.47. The molecular weight excluding hydrogens is 362 g/mol. The maximum Gasteiger partial charge on any atom is 0.191 e. The molecule has 6 heteroatoms. The van der Waals surface area contributed by atoms with Crippen molar-refractivity contribution in [1.29, 1.82) is 0 Å². The highest BCUT2D eigenvalue weighted by Gasteiger charge is 2.24. The van der Waals surface area contributed by atoms with E-state index in [-0.39, 0.29) is 6.04 Å². The Bertz CT molecular complexity index is 574. The number of nitrogens with one attached hydrogen (secondary N) is 2. The van der Waals surface area contributed by atoms with Crippen molar-refractivity contribution in [2.75, 3.05) is 52.4 Å². The molecule has 1 unspecified atom stereocenters. The van der Waals surface area contributed by atoms with Gasteiger partial charge >= 0.3 is 0 Å². The van der Waals surface area contributed by atoms with Crippen LogP contribution in [0.2, 0.25) is 0 Å². The van der Waals surface area contributed by atoms with E-state index < -0.39 is 0 Å². The van der Waals surface area contributed by atoms with Crippen molar-refractivity contribution in [2.24, 2.45) is 10.9 Å². The average molecular weight is 404 g/mol. The fourth-order valence-corrected chi connectivity index (χ4v) is 4.60. The van der Waals surface area contributed by atoms with E-state index in [1.54, 1.807) is 6.26 Å². The smallest absolute Gasteiger partial charge is 0.191 e. The molecule has 0 aromatic carbocycles. The van der Waals surface area contributed by atoms with E-state index in [1.807, 2.05) is 6.07 Å². The van der Waals surface area contributed by atoms with Crippen LogP contribution in [0.4, 0.5) is 0 Å². The van der Waals surface area contributed by atoms with Crippen molar-refractivity contribution in [3.05, 3.63) is 24.2 Å². The molecule has 0 amide bonds. The number of piperidine rings is 2. The number of nitrogens with zero attached hydrogens (tertiary/aromatic N) is 3. The third-order valence-corrected chi connectivity index (χ3v) is 6.47. The largest absolute Gasteiger partial charge is 0.468 e. The molecule has 2 N–H and O–H groups in total. The molecule has 164 valence electrons. The Balaban J connectivity index is 1.51. The molecule has 2 aliphatic heterocycles. The van der Waals surface area contributed by atoms with Crippen LogP contribution in [0.1, 0.15) is 64.2 Å². The van der Waals surface area contributed by atoms with Gasteiger partial charge in [0.15, 0.2) is 5.96 Å². The summed E-state index contributed by atoms with van der Waals surface area (Å²) in [5.41, 5.74) is 0. The van der Waals surface area contributed by atoms with Crippen molar-refractivity contribution in [3.63, 3.8) is 0 Å². The van der Waals surface area contributed by atoms with Gasteiger partial charge in [-0.25, -0.2) is 0 Å². The van der Waals surface area contributed by atoms with Crippen molar-refractivity contribution < 1.29 is 4.42 Å². The summed E-state index contributed by atoms with van der Waals surface area (Å²) in [7, 11) is 0. The van der Waals surface area contributed by atoms with Crippen molar-refractivity contribution in [1.82, 2.24) is 20.4 Å². The van der Waals surface area contributed by atoms with Gasteiger partial charge in [0.25, 0.3) is 0 Å². The van der Waals surface area contributed by atoms with Gasteiger partial charge in [0.2, 0.25) is 0 Å². The molecule has 29 heavy (non-hydrogen) atoms. The Morgan fingerprint density at radius 3 is 2.59 bits per heavy atom. The summed E-state index contributed by atoms with van der Waals surface area (Å²) in [6.45, 7) is 13.0. The van der Waals surface area contributed by atoms with Crippen LogP contribution >= 0.6 is 0 Å². The van der Waals surface area contributed by atoms with Crippen LogP contribution in [0, 0.1) is 5.92 Å². The minimum absolute atomic E-state index is 0.235. The SMILES string of the molecule is CCNC(=NCC(c1ccco1)N1CCCCC1)NCCC1CCN(CC)CC1. The van der Waals surface area contributed by atoms with E-state index in [2.05, 4.69) is 40.3 Å². The maximum absolute atomic E-state index is 5.76. The molecule has 0 saturated carbocycles. The zero-order valence-corrected chi connectivity index (χ0v) is 18.5. The van der Waals surface area contributed by atoms with Crippen LogP contribution in [-0.2, 0) is 0 Å². The number of hydrogen-bond acceptors (Lipinski definition) is 4. The fourth-order valence-electron chi connectivity index (χ4n) is 4.60. The number of furan rings is 1. The van der Waals surface area contributed by atoms with Crippen LogP contribution in [0.15, 0.2) is 27.8 Å². The topological polar surface area (TPSA) is 56.0 Å². The molecule has 3 rings (SSSR count). The van der Waals surface area contributed by atoms with Gasteiger partial charge < -0.3 is 20.0 Å². The van der Waals surface area contributed by atoms with Crippen molar-refractivity contribution in [2.45, 2.75) is 58.4 Å². The Hall–Kier alpha value is -1.53. The van der Waals surface area contributed by atoms with Gasteiger partial charge in [-0.15, -0.1) is 0 Å². The molecule has 1 aromatic rings. The maximum atomic E-state index is 5.76. The van der Waals surface area contributed by atoms with Gasteiger partial charge in [0.1, 0.15) is 5.76 Å². The number of hydrogen-bond donors (Lipinski definition) is 2. The van der Waals surface area contributed by atoms with E-state index in [9.17, 15) is 0 Å². The van der Waals surface area contributed by atoms with Crippen molar-refractivity contribution in [3.8, 4) is 0 Å². The summed E-state index contributed by atoms with van der Waals surface area (Å²) in [5, 5.41) is 6.99. The molecule has 2 saturated heterocycles. The second kappa shape index (κ2) is 12.2. The highest BCUT2D eigenvalue weighted by atomic mass is 16.3. The quantitative estimate of drug-likeness (QED) is 0.488.